The molecule has 1 aliphatic heterocycles. The predicted octanol–water partition coefficient (Wildman–Crippen LogP) is 2.59. The first kappa shape index (κ1) is 11.3. The van der Waals surface area contributed by atoms with Crippen molar-refractivity contribution in [3.8, 4) is 5.75 Å². The minimum atomic E-state index is -1.08. The summed E-state index contributed by atoms with van der Waals surface area (Å²) in [5.74, 6) is -0.469. The first-order valence-electron chi connectivity index (χ1n) is 5.50. The molecule has 0 saturated carbocycles. The Morgan fingerprint density at radius 3 is 2.79 bits per heavy atom. The van der Waals surface area contributed by atoms with Crippen LogP contribution in [0.3, 0.4) is 0 Å². The fourth-order valence-corrected chi connectivity index (χ4v) is 1.82. The van der Waals surface area contributed by atoms with Crippen molar-refractivity contribution in [2.45, 2.75) is 0 Å². The van der Waals surface area contributed by atoms with E-state index in [1.54, 1.807) is 12.1 Å². The van der Waals surface area contributed by atoms with Gasteiger partial charge in [-0.3, -0.25) is 4.79 Å². The third kappa shape index (κ3) is 1.91. The molecule has 19 heavy (non-hydrogen) atoms. The van der Waals surface area contributed by atoms with Crippen LogP contribution in [0.1, 0.15) is 26.5 Å². The lowest BCUT2D eigenvalue weighted by atomic mass is 10.1. The summed E-state index contributed by atoms with van der Waals surface area (Å²) in [6, 6.07) is 7.56. The maximum Gasteiger partial charge on any atom is 0.335 e. The van der Waals surface area contributed by atoms with Crippen molar-refractivity contribution in [1.29, 1.82) is 0 Å². The molecule has 0 fully saturated rings. The fraction of sp³-hybridized carbons (Fsp3) is 0. The number of rotatable bonds is 2. The lowest BCUT2D eigenvalue weighted by Gasteiger charge is -1.97. The van der Waals surface area contributed by atoms with Gasteiger partial charge in [0.1, 0.15) is 11.5 Å². The molecule has 1 N–H and O–H groups in total. The predicted molar refractivity (Wildman–Crippen MR) is 65.0 cm³/mol. The Morgan fingerprint density at radius 2 is 2.11 bits per heavy atom. The number of carbonyl (C=O) groups excluding carboxylic acids is 1. The van der Waals surface area contributed by atoms with Crippen LogP contribution in [0.4, 0.5) is 0 Å². The highest BCUT2D eigenvalue weighted by molar-refractivity contribution is 6.15. The highest BCUT2D eigenvalue weighted by Crippen LogP contribution is 2.32. The van der Waals surface area contributed by atoms with Gasteiger partial charge in [-0.05, 0) is 30.3 Å². The molecule has 0 aliphatic carbocycles. The van der Waals surface area contributed by atoms with Crippen LogP contribution < -0.4 is 4.74 Å². The number of benzene rings is 1. The van der Waals surface area contributed by atoms with Crippen molar-refractivity contribution < 1.29 is 23.8 Å². The molecular weight excluding hydrogens is 248 g/mol. The number of hydrogen-bond donors (Lipinski definition) is 1. The van der Waals surface area contributed by atoms with Crippen LogP contribution in [0.15, 0.2) is 46.8 Å². The summed E-state index contributed by atoms with van der Waals surface area (Å²) in [5.41, 5.74) is 0.299. The molecule has 0 bridgehead atoms. The number of allylic oxidation sites excluding steroid dienone is 1. The highest BCUT2D eigenvalue weighted by atomic mass is 16.5. The number of fused-ring (bicyclic) bond motifs is 1. The number of Topliss-reactive ketones (excluding diaryl/α,β-unsaturated/α-hetero) is 1. The zero-order valence-electron chi connectivity index (χ0n) is 9.62. The SMILES string of the molecule is O=C(O)c1ccc2c(c1)C(=O)C(=Cc1ccco1)O2. The molecule has 1 aromatic carbocycles. The number of ether oxygens (including phenoxy) is 1. The molecule has 0 saturated heterocycles. The number of hydrogen-bond acceptors (Lipinski definition) is 4. The van der Waals surface area contributed by atoms with Gasteiger partial charge < -0.3 is 14.3 Å². The van der Waals surface area contributed by atoms with Crippen molar-refractivity contribution >= 4 is 17.8 Å². The first-order chi connectivity index (χ1) is 9.15. The lowest BCUT2D eigenvalue weighted by molar-refractivity contribution is 0.0697. The molecule has 1 aromatic heterocycles. The van der Waals surface area contributed by atoms with Crippen molar-refractivity contribution in [2.75, 3.05) is 0 Å². The van der Waals surface area contributed by atoms with Gasteiger partial charge in [0, 0.05) is 6.08 Å². The summed E-state index contributed by atoms with van der Waals surface area (Å²) in [6.45, 7) is 0. The molecule has 1 aliphatic rings. The molecular formula is C14H8O5. The number of carboxylic acid groups (broad SMARTS) is 1. The van der Waals surface area contributed by atoms with E-state index in [0.29, 0.717) is 11.5 Å². The fourth-order valence-electron chi connectivity index (χ4n) is 1.82. The van der Waals surface area contributed by atoms with E-state index < -0.39 is 5.97 Å². The van der Waals surface area contributed by atoms with E-state index in [0.717, 1.165) is 0 Å². The summed E-state index contributed by atoms with van der Waals surface area (Å²) < 4.78 is 10.5. The van der Waals surface area contributed by atoms with E-state index in [4.69, 9.17) is 14.3 Å². The zero-order chi connectivity index (χ0) is 13.4. The second kappa shape index (κ2) is 4.13. The number of aromatic carboxylic acids is 1. The van der Waals surface area contributed by atoms with Gasteiger partial charge in [-0.25, -0.2) is 4.79 Å². The largest absolute Gasteiger partial charge is 0.478 e. The number of furan rings is 1. The topological polar surface area (TPSA) is 76.7 Å². The van der Waals surface area contributed by atoms with Gasteiger partial charge in [0.05, 0.1) is 17.4 Å². The van der Waals surface area contributed by atoms with E-state index in [9.17, 15) is 9.59 Å². The van der Waals surface area contributed by atoms with E-state index >= 15 is 0 Å². The summed E-state index contributed by atoms with van der Waals surface area (Å²) in [4.78, 5) is 22.9. The maximum absolute atomic E-state index is 12.1. The molecule has 0 unspecified atom stereocenters. The van der Waals surface area contributed by atoms with Gasteiger partial charge in [-0.2, -0.15) is 0 Å². The second-order valence-electron chi connectivity index (χ2n) is 3.97. The quantitative estimate of drug-likeness (QED) is 0.835. The van der Waals surface area contributed by atoms with E-state index in [1.165, 1.54) is 30.5 Å². The minimum Gasteiger partial charge on any atom is -0.478 e. The van der Waals surface area contributed by atoms with Crippen molar-refractivity contribution in [1.82, 2.24) is 0 Å². The van der Waals surface area contributed by atoms with Gasteiger partial charge in [-0.15, -0.1) is 0 Å². The standard InChI is InChI=1S/C14H8O5/c15-13-10-6-8(14(16)17)3-4-11(10)19-12(13)7-9-2-1-5-18-9/h1-7H,(H,16,17). The third-order valence-corrected chi connectivity index (χ3v) is 2.73. The Balaban J connectivity index is 2.00. The average Bonchev–Trinajstić information content (AvgIpc) is 2.99. The van der Waals surface area contributed by atoms with Crippen molar-refractivity contribution in [3.63, 3.8) is 0 Å². The number of carbonyl (C=O) groups is 2. The van der Waals surface area contributed by atoms with Gasteiger partial charge in [0.2, 0.25) is 5.78 Å². The normalized spacial score (nSPS) is 15.4. The molecule has 5 nitrogen and oxygen atoms in total. The van der Waals surface area contributed by atoms with Crippen molar-refractivity contribution in [3.05, 3.63) is 59.2 Å². The van der Waals surface area contributed by atoms with Gasteiger partial charge in [-0.1, -0.05) is 0 Å². The summed E-state index contributed by atoms with van der Waals surface area (Å²) in [6.07, 6.45) is 2.96. The van der Waals surface area contributed by atoms with Crippen LogP contribution in [0.5, 0.6) is 5.75 Å². The molecule has 0 radical (unpaired) electrons. The van der Waals surface area contributed by atoms with Gasteiger partial charge in [0.25, 0.3) is 0 Å². The molecule has 0 spiro atoms. The van der Waals surface area contributed by atoms with Crippen LogP contribution in [0.25, 0.3) is 6.08 Å². The molecule has 94 valence electrons. The minimum absolute atomic E-state index is 0.0509. The van der Waals surface area contributed by atoms with Gasteiger partial charge >= 0.3 is 5.97 Å². The van der Waals surface area contributed by atoms with E-state index in [-0.39, 0.29) is 22.7 Å². The number of carboxylic acids is 1. The lowest BCUT2D eigenvalue weighted by Crippen LogP contribution is -2.00. The second-order valence-corrected chi connectivity index (χ2v) is 3.97. The Kier molecular flexibility index (Phi) is 2.45. The summed E-state index contributed by atoms with van der Waals surface area (Å²) in [7, 11) is 0. The van der Waals surface area contributed by atoms with Crippen molar-refractivity contribution in [2.24, 2.45) is 0 Å². The van der Waals surface area contributed by atoms with Crippen LogP contribution in [-0.4, -0.2) is 16.9 Å². The summed E-state index contributed by atoms with van der Waals surface area (Å²) in [5, 5.41) is 8.89. The Labute approximate surface area is 107 Å². The van der Waals surface area contributed by atoms with Crippen LogP contribution >= 0.6 is 0 Å². The molecule has 5 heteroatoms. The molecule has 3 rings (SSSR count). The maximum atomic E-state index is 12.1. The van der Waals surface area contributed by atoms with E-state index in [1.807, 2.05) is 0 Å². The number of ketones is 1. The Bertz CT molecular complexity index is 695. The van der Waals surface area contributed by atoms with E-state index in [2.05, 4.69) is 0 Å². The Hall–Kier alpha value is -2.82. The van der Waals surface area contributed by atoms with Gasteiger partial charge in [0.15, 0.2) is 5.76 Å². The van der Waals surface area contributed by atoms with Crippen LogP contribution in [0.2, 0.25) is 0 Å². The molecule has 0 amide bonds. The smallest absolute Gasteiger partial charge is 0.335 e. The molecule has 2 aromatic rings. The zero-order valence-corrected chi connectivity index (χ0v) is 9.62. The first-order valence-corrected chi connectivity index (χ1v) is 5.50. The van der Waals surface area contributed by atoms with Crippen LogP contribution in [0, 0.1) is 0 Å². The Morgan fingerprint density at radius 1 is 1.26 bits per heavy atom. The highest BCUT2D eigenvalue weighted by Gasteiger charge is 2.28. The molecule has 0 atom stereocenters. The average molecular weight is 256 g/mol. The van der Waals surface area contributed by atoms with Crippen LogP contribution in [-0.2, 0) is 0 Å². The summed E-state index contributed by atoms with van der Waals surface area (Å²) >= 11 is 0. The monoisotopic (exact) mass is 256 g/mol. The molecule has 2 heterocycles. The third-order valence-electron chi connectivity index (χ3n) is 2.73.